The monoisotopic (exact) mass is 390 g/mol. The van der Waals surface area contributed by atoms with Crippen LogP contribution in [-0.4, -0.2) is 56.6 Å². The summed E-state index contributed by atoms with van der Waals surface area (Å²) in [5.74, 6) is -0.268. The van der Waals surface area contributed by atoms with E-state index in [4.69, 9.17) is 4.74 Å². The highest BCUT2D eigenvalue weighted by Gasteiger charge is 2.28. The lowest BCUT2D eigenvalue weighted by Crippen LogP contribution is -2.48. The van der Waals surface area contributed by atoms with Crippen molar-refractivity contribution in [3.63, 3.8) is 0 Å². The Labute approximate surface area is 158 Å². The molecule has 1 saturated heterocycles. The van der Waals surface area contributed by atoms with Crippen molar-refractivity contribution < 1.29 is 23.1 Å². The number of esters is 1. The van der Waals surface area contributed by atoms with E-state index in [0.717, 1.165) is 5.69 Å². The van der Waals surface area contributed by atoms with Crippen molar-refractivity contribution >= 4 is 21.7 Å². The van der Waals surface area contributed by atoms with Gasteiger partial charge in [0, 0.05) is 31.9 Å². The SMILES string of the molecule is CCOC(=O)c1ccc(S(=O)(=O)N2CCN(c3ccc(O)cc3)CC2)cc1. The molecule has 0 spiro atoms. The van der Waals surface area contributed by atoms with Gasteiger partial charge in [0.15, 0.2) is 0 Å². The van der Waals surface area contributed by atoms with E-state index in [1.165, 1.54) is 28.6 Å². The maximum Gasteiger partial charge on any atom is 0.338 e. The standard InChI is InChI=1S/C19H22N2O5S/c1-2-26-19(23)15-3-9-18(10-4-15)27(24,25)21-13-11-20(12-14-21)16-5-7-17(22)8-6-16/h3-10,22H,2,11-14H2,1H3. The third-order valence-corrected chi connectivity index (χ3v) is 6.37. The fourth-order valence-electron chi connectivity index (χ4n) is 2.98. The number of nitrogens with zero attached hydrogens (tertiary/aromatic N) is 2. The second-order valence-electron chi connectivity index (χ2n) is 6.15. The first kappa shape index (κ1) is 19.2. The molecule has 0 amide bonds. The molecule has 1 fully saturated rings. The second kappa shape index (κ2) is 7.98. The summed E-state index contributed by atoms with van der Waals surface area (Å²) in [6.07, 6.45) is 0. The summed E-state index contributed by atoms with van der Waals surface area (Å²) in [7, 11) is -3.61. The Balaban J connectivity index is 1.67. The number of phenolic OH excluding ortho intramolecular Hbond substituents is 1. The number of benzene rings is 2. The van der Waals surface area contributed by atoms with Gasteiger partial charge in [-0.1, -0.05) is 0 Å². The van der Waals surface area contributed by atoms with E-state index in [-0.39, 0.29) is 17.3 Å². The molecule has 1 N–H and O–H groups in total. The van der Waals surface area contributed by atoms with Crippen LogP contribution in [-0.2, 0) is 14.8 Å². The van der Waals surface area contributed by atoms with Gasteiger partial charge in [0.1, 0.15) is 5.75 Å². The normalized spacial score (nSPS) is 15.5. The number of phenols is 1. The van der Waals surface area contributed by atoms with Crippen LogP contribution in [0.3, 0.4) is 0 Å². The van der Waals surface area contributed by atoms with Crippen LogP contribution in [0, 0.1) is 0 Å². The van der Waals surface area contributed by atoms with E-state index in [0.29, 0.717) is 31.7 Å². The van der Waals surface area contributed by atoms with Crippen molar-refractivity contribution in [2.24, 2.45) is 0 Å². The quantitative estimate of drug-likeness (QED) is 0.787. The van der Waals surface area contributed by atoms with Crippen LogP contribution in [0.1, 0.15) is 17.3 Å². The average molecular weight is 390 g/mol. The number of ether oxygens (including phenoxy) is 1. The predicted molar refractivity (Wildman–Crippen MR) is 101 cm³/mol. The lowest BCUT2D eigenvalue weighted by atomic mass is 10.2. The zero-order valence-electron chi connectivity index (χ0n) is 15.0. The summed E-state index contributed by atoms with van der Waals surface area (Å²) >= 11 is 0. The molecule has 2 aromatic carbocycles. The number of carbonyl (C=O) groups is 1. The minimum Gasteiger partial charge on any atom is -0.508 e. The third-order valence-electron chi connectivity index (χ3n) is 4.46. The maximum absolute atomic E-state index is 12.8. The molecule has 144 valence electrons. The van der Waals surface area contributed by atoms with Crippen LogP contribution in [0.15, 0.2) is 53.4 Å². The summed E-state index contributed by atoms with van der Waals surface area (Å²) in [6.45, 7) is 3.83. The lowest BCUT2D eigenvalue weighted by molar-refractivity contribution is 0.0526. The number of hydrogen-bond acceptors (Lipinski definition) is 6. The van der Waals surface area contributed by atoms with Gasteiger partial charge in [-0.3, -0.25) is 0 Å². The van der Waals surface area contributed by atoms with Gasteiger partial charge in [-0.2, -0.15) is 4.31 Å². The topological polar surface area (TPSA) is 87.2 Å². The number of sulfonamides is 1. The van der Waals surface area contributed by atoms with Gasteiger partial charge in [-0.05, 0) is 55.5 Å². The van der Waals surface area contributed by atoms with E-state index in [2.05, 4.69) is 4.90 Å². The molecule has 0 bridgehead atoms. The van der Waals surface area contributed by atoms with Gasteiger partial charge in [-0.25, -0.2) is 13.2 Å². The Hall–Kier alpha value is -2.58. The van der Waals surface area contributed by atoms with E-state index in [1.54, 1.807) is 19.1 Å². The summed E-state index contributed by atoms with van der Waals surface area (Å²) < 4.78 is 32.0. The predicted octanol–water partition coefficient (Wildman–Crippen LogP) is 2.08. The molecular weight excluding hydrogens is 368 g/mol. The smallest absolute Gasteiger partial charge is 0.338 e. The first-order valence-electron chi connectivity index (χ1n) is 8.73. The van der Waals surface area contributed by atoms with Gasteiger partial charge in [-0.15, -0.1) is 0 Å². The molecule has 7 nitrogen and oxygen atoms in total. The average Bonchev–Trinajstić information content (AvgIpc) is 2.69. The minimum absolute atomic E-state index is 0.161. The van der Waals surface area contributed by atoms with Crippen molar-refractivity contribution in [2.75, 3.05) is 37.7 Å². The molecule has 27 heavy (non-hydrogen) atoms. The van der Waals surface area contributed by atoms with Crippen LogP contribution in [0.25, 0.3) is 0 Å². The van der Waals surface area contributed by atoms with Gasteiger partial charge in [0.2, 0.25) is 10.0 Å². The highest BCUT2D eigenvalue weighted by molar-refractivity contribution is 7.89. The Kier molecular flexibility index (Phi) is 5.67. The number of rotatable bonds is 5. The maximum atomic E-state index is 12.8. The Morgan fingerprint density at radius 3 is 2.15 bits per heavy atom. The number of hydrogen-bond donors (Lipinski definition) is 1. The van der Waals surface area contributed by atoms with Crippen molar-refractivity contribution in [1.82, 2.24) is 4.31 Å². The molecule has 0 unspecified atom stereocenters. The fraction of sp³-hybridized carbons (Fsp3) is 0.316. The third kappa shape index (κ3) is 4.23. The molecular formula is C19H22N2O5S. The second-order valence-corrected chi connectivity index (χ2v) is 8.09. The molecule has 8 heteroatoms. The molecule has 2 aromatic rings. The number of piperazine rings is 1. The molecule has 3 rings (SSSR count). The molecule has 1 aliphatic heterocycles. The van der Waals surface area contributed by atoms with E-state index >= 15 is 0 Å². The fourth-order valence-corrected chi connectivity index (χ4v) is 4.40. The summed E-state index contributed by atoms with van der Waals surface area (Å²) in [5, 5.41) is 9.38. The van der Waals surface area contributed by atoms with Crippen LogP contribution >= 0.6 is 0 Å². The molecule has 0 radical (unpaired) electrons. The van der Waals surface area contributed by atoms with Crippen molar-refractivity contribution in [3.8, 4) is 5.75 Å². The van der Waals surface area contributed by atoms with Crippen LogP contribution in [0.5, 0.6) is 5.75 Å². The van der Waals surface area contributed by atoms with Crippen LogP contribution in [0.4, 0.5) is 5.69 Å². The van der Waals surface area contributed by atoms with Crippen LogP contribution < -0.4 is 4.90 Å². The Bertz CT molecular complexity index is 887. The number of anilines is 1. The van der Waals surface area contributed by atoms with Crippen molar-refractivity contribution in [2.45, 2.75) is 11.8 Å². The van der Waals surface area contributed by atoms with Gasteiger partial charge >= 0.3 is 5.97 Å². The highest BCUT2D eigenvalue weighted by Crippen LogP contribution is 2.23. The van der Waals surface area contributed by atoms with Crippen molar-refractivity contribution in [3.05, 3.63) is 54.1 Å². The molecule has 0 aromatic heterocycles. The van der Waals surface area contributed by atoms with E-state index < -0.39 is 16.0 Å². The van der Waals surface area contributed by atoms with Crippen LogP contribution in [0.2, 0.25) is 0 Å². The lowest BCUT2D eigenvalue weighted by Gasteiger charge is -2.35. The number of carbonyl (C=O) groups excluding carboxylic acids is 1. The van der Waals surface area contributed by atoms with E-state index in [1.807, 2.05) is 12.1 Å². The summed E-state index contributed by atoms with van der Waals surface area (Å²) in [4.78, 5) is 13.9. The van der Waals surface area contributed by atoms with Gasteiger partial charge in [0.05, 0.1) is 17.1 Å². The van der Waals surface area contributed by atoms with Gasteiger partial charge < -0.3 is 14.7 Å². The molecule has 0 atom stereocenters. The minimum atomic E-state index is -3.61. The zero-order valence-corrected chi connectivity index (χ0v) is 15.9. The summed E-state index contributed by atoms with van der Waals surface area (Å²) in [5.41, 5.74) is 1.27. The number of aromatic hydroxyl groups is 1. The molecule has 1 aliphatic rings. The highest BCUT2D eigenvalue weighted by atomic mass is 32.2. The van der Waals surface area contributed by atoms with E-state index in [9.17, 15) is 18.3 Å². The van der Waals surface area contributed by atoms with Crippen molar-refractivity contribution in [1.29, 1.82) is 0 Å². The Morgan fingerprint density at radius 2 is 1.59 bits per heavy atom. The first-order valence-corrected chi connectivity index (χ1v) is 10.2. The Morgan fingerprint density at radius 1 is 1.00 bits per heavy atom. The largest absolute Gasteiger partial charge is 0.508 e. The molecule has 0 aliphatic carbocycles. The summed E-state index contributed by atoms with van der Waals surface area (Å²) in [6, 6.07) is 12.7. The zero-order chi connectivity index (χ0) is 19.4. The molecule has 0 saturated carbocycles. The van der Waals surface area contributed by atoms with Gasteiger partial charge in [0.25, 0.3) is 0 Å². The molecule has 1 heterocycles. The first-order chi connectivity index (χ1) is 12.9.